The van der Waals surface area contributed by atoms with Gasteiger partial charge in [0, 0.05) is 6.07 Å². The van der Waals surface area contributed by atoms with E-state index in [1.807, 2.05) is 36.4 Å². The zero-order valence-corrected chi connectivity index (χ0v) is 17.3. The molecule has 152 valence electrons. The molecule has 0 N–H and O–H groups in total. The van der Waals surface area contributed by atoms with Gasteiger partial charge in [-0.1, -0.05) is 50.2 Å². The van der Waals surface area contributed by atoms with Crippen LogP contribution in [0.1, 0.15) is 46.8 Å². The minimum absolute atomic E-state index is 0.111. The maximum absolute atomic E-state index is 12.7. The molecule has 0 atom stereocenters. The van der Waals surface area contributed by atoms with E-state index in [-0.39, 0.29) is 5.78 Å². The molecule has 4 rings (SSSR count). The highest BCUT2D eigenvalue weighted by Crippen LogP contribution is 2.35. The first kappa shape index (κ1) is 19.8. The van der Waals surface area contributed by atoms with Crippen molar-refractivity contribution in [3.05, 3.63) is 94.7 Å². The molecule has 0 bridgehead atoms. The number of methoxy groups -OCH3 is 1. The maximum Gasteiger partial charge on any atom is 0.231 e. The molecule has 0 unspecified atom stereocenters. The number of ketones is 1. The number of carbonyl (C=O) groups is 1. The topological polar surface area (TPSA) is 44.8 Å². The summed E-state index contributed by atoms with van der Waals surface area (Å²) in [5, 5.41) is 0. The van der Waals surface area contributed by atoms with Crippen molar-refractivity contribution in [3.8, 4) is 17.2 Å². The Bertz CT molecular complexity index is 1080. The lowest BCUT2D eigenvalue weighted by Gasteiger charge is -2.08. The first-order valence-electron chi connectivity index (χ1n) is 9.97. The molecule has 30 heavy (non-hydrogen) atoms. The molecular weight excluding hydrogens is 376 g/mol. The minimum atomic E-state index is -0.111. The predicted molar refractivity (Wildman–Crippen MR) is 117 cm³/mol. The summed E-state index contributed by atoms with van der Waals surface area (Å²) in [6, 6.07) is 21.2. The Kier molecular flexibility index (Phi) is 5.57. The van der Waals surface area contributed by atoms with E-state index < -0.39 is 0 Å². The van der Waals surface area contributed by atoms with E-state index in [1.54, 1.807) is 31.4 Å². The smallest absolute Gasteiger partial charge is 0.231 e. The minimum Gasteiger partial charge on any atom is -0.497 e. The Morgan fingerprint density at radius 2 is 1.63 bits per heavy atom. The Morgan fingerprint density at radius 1 is 0.933 bits per heavy atom. The molecule has 0 saturated carbocycles. The monoisotopic (exact) mass is 400 g/mol. The molecule has 4 nitrogen and oxygen atoms in total. The van der Waals surface area contributed by atoms with E-state index >= 15 is 0 Å². The average Bonchev–Trinajstić information content (AvgIpc) is 3.07. The molecule has 0 aliphatic carbocycles. The van der Waals surface area contributed by atoms with Gasteiger partial charge in [-0.2, -0.15) is 0 Å². The molecule has 3 aromatic carbocycles. The summed E-state index contributed by atoms with van der Waals surface area (Å²) in [4.78, 5) is 12.7. The number of allylic oxidation sites excluding steroid dienone is 1. The van der Waals surface area contributed by atoms with Gasteiger partial charge in [0.15, 0.2) is 5.76 Å². The first-order chi connectivity index (χ1) is 14.5. The van der Waals surface area contributed by atoms with Crippen LogP contribution in [0.25, 0.3) is 6.08 Å². The lowest BCUT2D eigenvalue weighted by atomic mass is 10.0. The van der Waals surface area contributed by atoms with Gasteiger partial charge < -0.3 is 14.2 Å². The SMILES string of the molecule is COc1ccc(COc2ccc3c(c2)OC(=Cc2ccc(C(C)C)cc2)C3=O)cc1. The van der Waals surface area contributed by atoms with Crippen molar-refractivity contribution in [3.63, 3.8) is 0 Å². The van der Waals surface area contributed by atoms with Gasteiger partial charge in [-0.05, 0) is 52.9 Å². The second-order valence-electron chi connectivity index (χ2n) is 7.56. The van der Waals surface area contributed by atoms with E-state index in [0.717, 1.165) is 16.9 Å². The van der Waals surface area contributed by atoms with Gasteiger partial charge in [0.2, 0.25) is 5.78 Å². The number of fused-ring (bicyclic) bond motifs is 1. The first-order valence-corrected chi connectivity index (χ1v) is 9.97. The second-order valence-corrected chi connectivity index (χ2v) is 7.56. The molecule has 3 aromatic rings. The van der Waals surface area contributed by atoms with Gasteiger partial charge in [-0.25, -0.2) is 0 Å². The van der Waals surface area contributed by atoms with Crippen molar-refractivity contribution in [2.24, 2.45) is 0 Å². The number of rotatable bonds is 6. The maximum atomic E-state index is 12.7. The van der Waals surface area contributed by atoms with Crippen LogP contribution in [-0.4, -0.2) is 12.9 Å². The Hall–Kier alpha value is -3.53. The molecule has 0 aromatic heterocycles. The van der Waals surface area contributed by atoms with Crippen LogP contribution < -0.4 is 14.2 Å². The summed E-state index contributed by atoms with van der Waals surface area (Å²) in [5.74, 6) is 2.67. The van der Waals surface area contributed by atoms with E-state index in [2.05, 4.69) is 26.0 Å². The largest absolute Gasteiger partial charge is 0.497 e. The number of carbonyl (C=O) groups excluding carboxylic acids is 1. The van der Waals surface area contributed by atoms with Crippen LogP contribution in [-0.2, 0) is 6.61 Å². The third kappa shape index (κ3) is 4.23. The van der Waals surface area contributed by atoms with Crippen molar-refractivity contribution in [2.75, 3.05) is 7.11 Å². The van der Waals surface area contributed by atoms with Crippen molar-refractivity contribution in [1.82, 2.24) is 0 Å². The summed E-state index contributed by atoms with van der Waals surface area (Å²) in [7, 11) is 1.64. The van der Waals surface area contributed by atoms with Crippen LogP contribution in [0.5, 0.6) is 17.2 Å². The zero-order valence-electron chi connectivity index (χ0n) is 17.3. The van der Waals surface area contributed by atoms with Crippen molar-refractivity contribution < 1.29 is 19.0 Å². The van der Waals surface area contributed by atoms with Gasteiger partial charge in [0.05, 0.1) is 12.7 Å². The van der Waals surface area contributed by atoms with Gasteiger partial charge in [-0.3, -0.25) is 4.79 Å². The summed E-state index contributed by atoms with van der Waals surface area (Å²) in [5.41, 5.74) is 3.78. The van der Waals surface area contributed by atoms with Gasteiger partial charge in [0.1, 0.15) is 23.9 Å². The van der Waals surface area contributed by atoms with Gasteiger partial charge in [0.25, 0.3) is 0 Å². The van der Waals surface area contributed by atoms with Crippen LogP contribution in [0, 0.1) is 0 Å². The van der Waals surface area contributed by atoms with E-state index in [4.69, 9.17) is 14.2 Å². The molecule has 1 aliphatic rings. The molecule has 0 saturated heterocycles. The molecule has 0 spiro atoms. The second kappa shape index (κ2) is 8.46. The highest BCUT2D eigenvalue weighted by atomic mass is 16.5. The lowest BCUT2D eigenvalue weighted by Crippen LogP contribution is -1.98. The van der Waals surface area contributed by atoms with Gasteiger partial charge in [-0.15, -0.1) is 0 Å². The molecule has 0 radical (unpaired) electrons. The molecule has 0 amide bonds. The third-order valence-electron chi connectivity index (χ3n) is 5.11. The highest BCUT2D eigenvalue weighted by Gasteiger charge is 2.27. The molecule has 0 fully saturated rings. The van der Waals surface area contributed by atoms with E-state index in [9.17, 15) is 4.79 Å². The molecular formula is C26H24O4. The average molecular weight is 400 g/mol. The van der Waals surface area contributed by atoms with E-state index in [0.29, 0.717) is 35.3 Å². The molecule has 1 aliphatic heterocycles. The van der Waals surface area contributed by atoms with Gasteiger partial charge >= 0.3 is 0 Å². The summed E-state index contributed by atoms with van der Waals surface area (Å²) < 4.78 is 16.9. The van der Waals surface area contributed by atoms with Crippen LogP contribution in [0.4, 0.5) is 0 Å². The van der Waals surface area contributed by atoms with Crippen LogP contribution in [0.15, 0.2) is 72.5 Å². The van der Waals surface area contributed by atoms with Crippen molar-refractivity contribution >= 4 is 11.9 Å². The fourth-order valence-electron chi connectivity index (χ4n) is 3.27. The summed E-state index contributed by atoms with van der Waals surface area (Å²) >= 11 is 0. The van der Waals surface area contributed by atoms with Crippen LogP contribution in [0.2, 0.25) is 0 Å². The fourth-order valence-corrected chi connectivity index (χ4v) is 3.27. The Balaban J connectivity index is 1.46. The fraction of sp³-hybridized carbons (Fsp3) is 0.192. The van der Waals surface area contributed by atoms with Crippen LogP contribution in [0.3, 0.4) is 0 Å². The number of benzene rings is 3. The number of hydrogen-bond donors (Lipinski definition) is 0. The number of Topliss-reactive ketones (excluding diaryl/α,β-unsaturated/α-hetero) is 1. The molecule has 4 heteroatoms. The molecule has 1 heterocycles. The lowest BCUT2D eigenvalue weighted by molar-refractivity contribution is 0.101. The van der Waals surface area contributed by atoms with Crippen molar-refractivity contribution in [1.29, 1.82) is 0 Å². The standard InChI is InChI=1S/C26H24O4/c1-17(2)20-8-4-18(5-9-20)14-25-26(27)23-13-12-22(15-24(23)30-25)29-16-19-6-10-21(28-3)11-7-19/h4-15,17H,16H2,1-3H3. The Morgan fingerprint density at radius 3 is 2.30 bits per heavy atom. The summed E-state index contributed by atoms with van der Waals surface area (Å²) in [6.45, 7) is 4.73. The predicted octanol–water partition coefficient (Wildman–Crippen LogP) is 6.01. The van der Waals surface area contributed by atoms with Crippen LogP contribution >= 0.6 is 0 Å². The number of ether oxygens (including phenoxy) is 3. The summed E-state index contributed by atoms with van der Waals surface area (Å²) in [6.07, 6.45) is 1.78. The quantitative estimate of drug-likeness (QED) is 0.475. The number of hydrogen-bond acceptors (Lipinski definition) is 4. The Labute approximate surface area is 176 Å². The third-order valence-corrected chi connectivity index (χ3v) is 5.11. The highest BCUT2D eigenvalue weighted by molar-refractivity contribution is 6.14. The van der Waals surface area contributed by atoms with E-state index in [1.165, 1.54) is 5.56 Å². The normalized spacial score (nSPS) is 14.0. The van der Waals surface area contributed by atoms with Crippen molar-refractivity contribution in [2.45, 2.75) is 26.4 Å². The zero-order chi connectivity index (χ0) is 21.1.